The molecule has 166 valence electrons. The van der Waals surface area contributed by atoms with Crippen LogP contribution in [0, 0.1) is 19.8 Å². The van der Waals surface area contributed by atoms with Crippen molar-refractivity contribution in [2.24, 2.45) is 5.92 Å². The fourth-order valence-electron chi connectivity index (χ4n) is 3.99. The average molecular weight is 438 g/mol. The van der Waals surface area contributed by atoms with Crippen LogP contribution < -0.4 is 10.2 Å². The highest BCUT2D eigenvalue weighted by Gasteiger charge is 2.38. The zero-order valence-corrected chi connectivity index (χ0v) is 18.9. The SMILES string of the molecule is Cc1ccc(N2CCC(C(=O)NCCS(=O)(=O)N3CC(C)OC(C)C3)C2=O)cc1C. The molecule has 2 heterocycles. The highest BCUT2D eigenvalue weighted by molar-refractivity contribution is 7.89. The minimum atomic E-state index is -3.50. The van der Waals surface area contributed by atoms with Gasteiger partial charge in [0.1, 0.15) is 5.92 Å². The number of nitrogens with one attached hydrogen (secondary N) is 1. The van der Waals surface area contributed by atoms with Crippen LogP contribution in [0.4, 0.5) is 5.69 Å². The van der Waals surface area contributed by atoms with Crippen molar-refractivity contribution < 1.29 is 22.7 Å². The van der Waals surface area contributed by atoms with Crippen molar-refractivity contribution in [2.45, 2.75) is 46.3 Å². The van der Waals surface area contributed by atoms with E-state index in [9.17, 15) is 18.0 Å². The normalized spacial score (nSPS) is 25.5. The number of carbonyl (C=O) groups excluding carboxylic acids is 2. The molecule has 0 spiro atoms. The van der Waals surface area contributed by atoms with Crippen LogP contribution in [0.3, 0.4) is 0 Å². The lowest BCUT2D eigenvalue weighted by atomic mass is 10.1. The van der Waals surface area contributed by atoms with E-state index in [-0.39, 0.29) is 30.4 Å². The van der Waals surface area contributed by atoms with Crippen LogP contribution in [0.15, 0.2) is 18.2 Å². The Balaban J connectivity index is 1.54. The van der Waals surface area contributed by atoms with Crippen molar-refractivity contribution in [3.05, 3.63) is 29.3 Å². The average Bonchev–Trinajstić information content (AvgIpc) is 3.04. The molecule has 3 unspecified atom stereocenters. The van der Waals surface area contributed by atoms with E-state index in [1.807, 2.05) is 45.9 Å². The minimum Gasteiger partial charge on any atom is -0.373 e. The van der Waals surface area contributed by atoms with Gasteiger partial charge in [-0.05, 0) is 57.4 Å². The third-order valence-corrected chi connectivity index (χ3v) is 7.57. The fourth-order valence-corrected chi connectivity index (χ4v) is 5.48. The molecule has 0 aliphatic carbocycles. The summed E-state index contributed by atoms with van der Waals surface area (Å²) in [6.07, 6.45) is 0.0966. The quantitative estimate of drug-likeness (QED) is 0.675. The van der Waals surface area contributed by atoms with Crippen LogP contribution in [-0.2, 0) is 24.3 Å². The Hall–Kier alpha value is -1.97. The van der Waals surface area contributed by atoms with Gasteiger partial charge in [0.25, 0.3) is 0 Å². The second-order valence-electron chi connectivity index (χ2n) is 8.28. The van der Waals surface area contributed by atoms with E-state index in [0.717, 1.165) is 16.8 Å². The summed E-state index contributed by atoms with van der Waals surface area (Å²) in [5, 5.41) is 2.64. The van der Waals surface area contributed by atoms with Gasteiger partial charge in [0, 0.05) is 31.9 Å². The lowest BCUT2D eigenvalue weighted by Gasteiger charge is -2.34. The fraction of sp³-hybridized carbons (Fsp3) is 0.619. The molecule has 2 saturated heterocycles. The van der Waals surface area contributed by atoms with Gasteiger partial charge in [0.15, 0.2) is 0 Å². The number of ether oxygens (including phenoxy) is 1. The van der Waals surface area contributed by atoms with Crippen LogP contribution in [0.25, 0.3) is 0 Å². The van der Waals surface area contributed by atoms with Gasteiger partial charge in [0.2, 0.25) is 21.8 Å². The monoisotopic (exact) mass is 437 g/mol. The Morgan fingerprint density at radius 1 is 1.17 bits per heavy atom. The first-order valence-corrected chi connectivity index (χ1v) is 12.0. The largest absolute Gasteiger partial charge is 0.373 e. The molecule has 3 atom stereocenters. The number of sulfonamides is 1. The molecule has 2 aliphatic rings. The lowest BCUT2D eigenvalue weighted by Crippen LogP contribution is -2.50. The third kappa shape index (κ3) is 5.01. The molecule has 1 aromatic carbocycles. The van der Waals surface area contributed by atoms with Crippen molar-refractivity contribution in [2.75, 3.05) is 36.8 Å². The van der Waals surface area contributed by atoms with E-state index in [4.69, 9.17) is 4.74 Å². The standard InChI is InChI=1S/C21H31N3O5S/c1-14-5-6-18(11-15(14)2)24-9-7-19(21(24)26)20(25)22-8-10-30(27,28)23-12-16(3)29-17(4)13-23/h5-6,11,16-17,19H,7-10,12-13H2,1-4H3,(H,22,25). The molecule has 30 heavy (non-hydrogen) atoms. The van der Waals surface area contributed by atoms with Crippen molar-refractivity contribution in [3.63, 3.8) is 0 Å². The van der Waals surface area contributed by atoms with Crippen molar-refractivity contribution in [3.8, 4) is 0 Å². The van der Waals surface area contributed by atoms with Gasteiger partial charge in [-0.2, -0.15) is 4.31 Å². The molecule has 2 aliphatic heterocycles. The van der Waals surface area contributed by atoms with E-state index in [0.29, 0.717) is 26.1 Å². The number of aryl methyl sites for hydroxylation is 2. The van der Waals surface area contributed by atoms with Gasteiger partial charge in [-0.3, -0.25) is 9.59 Å². The number of hydrogen-bond acceptors (Lipinski definition) is 5. The molecule has 8 nitrogen and oxygen atoms in total. The summed E-state index contributed by atoms with van der Waals surface area (Å²) in [4.78, 5) is 26.9. The number of benzene rings is 1. The topological polar surface area (TPSA) is 96.0 Å². The molecule has 1 aromatic rings. The molecule has 1 N–H and O–H groups in total. The van der Waals surface area contributed by atoms with Gasteiger partial charge in [-0.25, -0.2) is 8.42 Å². The molecule has 0 saturated carbocycles. The zero-order chi connectivity index (χ0) is 22.1. The number of nitrogens with zero attached hydrogens (tertiary/aromatic N) is 2. The van der Waals surface area contributed by atoms with Crippen LogP contribution in [-0.4, -0.2) is 68.7 Å². The summed E-state index contributed by atoms with van der Waals surface area (Å²) in [7, 11) is -3.50. The number of carbonyl (C=O) groups is 2. The Morgan fingerprint density at radius 3 is 2.47 bits per heavy atom. The highest BCUT2D eigenvalue weighted by atomic mass is 32.2. The lowest BCUT2D eigenvalue weighted by molar-refractivity contribution is -0.132. The summed E-state index contributed by atoms with van der Waals surface area (Å²) in [5.41, 5.74) is 3.02. The van der Waals surface area contributed by atoms with Gasteiger partial charge >= 0.3 is 0 Å². The maximum Gasteiger partial charge on any atom is 0.239 e. The molecule has 9 heteroatoms. The van der Waals surface area contributed by atoms with Gasteiger partial charge in [0.05, 0.1) is 18.0 Å². The Labute approximate surface area is 178 Å². The Kier molecular flexibility index (Phi) is 6.84. The third-order valence-electron chi connectivity index (χ3n) is 5.76. The first-order chi connectivity index (χ1) is 14.1. The van der Waals surface area contributed by atoms with E-state index >= 15 is 0 Å². The molecule has 0 aromatic heterocycles. The second-order valence-corrected chi connectivity index (χ2v) is 10.4. The van der Waals surface area contributed by atoms with Crippen LogP contribution in [0.1, 0.15) is 31.4 Å². The summed E-state index contributed by atoms with van der Waals surface area (Å²) in [6.45, 7) is 8.75. The van der Waals surface area contributed by atoms with E-state index in [2.05, 4.69) is 5.32 Å². The minimum absolute atomic E-state index is 0.0191. The first kappa shape index (κ1) is 22.7. The summed E-state index contributed by atoms with van der Waals surface area (Å²) in [5.74, 6) is -1.63. The van der Waals surface area contributed by atoms with Crippen molar-refractivity contribution >= 4 is 27.5 Å². The van der Waals surface area contributed by atoms with Gasteiger partial charge in [-0.15, -0.1) is 0 Å². The maximum atomic E-state index is 12.7. The molecule has 2 fully saturated rings. The number of rotatable bonds is 6. The van der Waals surface area contributed by atoms with Gasteiger partial charge in [-0.1, -0.05) is 6.07 Å². The predicted molar refractivity (Wildman–Crippen MR) is 115 cm³/mol. The second kappa shape index (κ2) is 9.03. The Morgan fingerprint density at radius 2 is 1.83 bits per heavy atom. The molecule has 2 amide bonds. The number of amides is 2. The summed E-state index contributed by atoms with van der Waals surface area (Å²) < 4.78 is 32.2. The van der Waals surface area contributed by atoms with Crippen LogP contribution >= 0.6 is 0 Å². The smallest absolute Gasteiger partial charge is 0.239 e. The maximum absolute atomic E-state index is 12.7. The number of hydrogen-bond donors (Lipinski definition) is 1. The number of morpholine rings is 1. The molecular formula is C21H31N3O5S. The van der Waals surface area contributed by atoms with Crippen LogP contribution in [0.5, 0.6) is 0 Å². The molecular weight excluding hydrogens is 406 g/mol. The van der Waals surface area contributed by atoms with E-state index in [1.54, 1.807) is 4.90 Å². The van der Waals surface area contributed by atoms with Crippen LogP contribution in [0.2, 0.25) is 0 Å². The molecule has 3 rings (SSSR count). The summed E-state index contributed by atoms with van der Waals surface area (Å²) in [6, 6.07) is 5.80. The Bertz CT molecular complexity index is 907. The summed E-state index contributed by atoms with van der Waals surface area (Å²) >= 11 is 0. The highest BCUT2D eigenvalue weighted by Crippen LogP contribution is 2.27. The predicted octanol–water partition coefficient (Wildman–Crippen LogP) is 1.21. The van der Waals surface area contributed by atoms with Crippen molar-refractivity contribution in [1.82, 2.24) is 9.62 Å². The molecule has 0 radical (unpaired) electrons. The zero-order valence-electron chi connectivity index (χ0n) is 18.1. The van der Waals surface area contributed by atoms with E-state index in [1.165, 1.54) is 4.31 Å². The molecule has 0 bridgehead atoms. The van der Waals surface area contributed by atoms with Gasteiger partial charge < -0.3 is 15.0 Å². The number of anilines is 1. The first-order valence-electron chi connectivity index (χ1n) is 10.4. The van der Waals surface area contributed by atoms with Crippen molar-refractivity contribution in [1.29, 1.82) is 0 Å². The van der Waals surface area contributed by atoms with E-state index < -0.39 is 21.8 Å².